The molecule has 1 aromatic rings. The normalized spacial score (nSPS) is 23.2. The van der Waals surface area contributed by atoms with Crippen LogP contribution in [-0.4, -0.2) is 85.6 Å². The van der Waals surface area contributed by atoms with Gasteiger partial charge in [0.25, 0.3) is 0 Å². The predicted molar refractivity (Wildman–Crippen MR) is 110 cm³/mol. The zero-order valence-corrected chi connectivity index (χ0v) is 16.9. The van der Waals surface area contributed by atoms with E-state index in [0.29, 0.717) is 6.54 Å². The highest BCUT2D eigenvalue weighted by atomic mass is 19.1. The van der Waals surface area contributed by atoms with E-state index in [1.807, 2.05) is 6.07 Å². The summed E-state index contributed by atoms with van der Waals surface area (Å²) in [7, 11) is 0. The lowest BCUT2D eigenvalue weighted by Gasteiger charge is -2.41. The van der Waals surface area contributed by atoms with E-state index in [4.69, 9.17) is 0 Å². The van der Waals surface area contributed by atoms with Crippen molar-refractivity contribution in [3.63, 3.8) is 0 Å². The smallest absolute Gasteiger partial charge is 0.236 e. The van der Waals surface area contributed by atoms with Gasteiger partial charge in [-0.1, -0.05) is 25.3 Å². The summed E-state index contributed by atoms with van der Waals surface area (Å²) in [6.45, 7) is 7.71. The first-order valence-electron chi connectivity index (χ1n) is 10.9. The van der Waals surface area contributed by atoms with E-state index < -0.39 is 0 Å². The fourth-order valence-corrected chi connectivity index (χ4v) is 4.91. The van der Waals surface area contributed by atoms with Crippen molar-refractivity contribution in [1.29, 1.82) is 0 Å². The van der Waals surface area contributed by atoms with Gasteiger partial charge in [0, 0.05) is 64.1 Å². The van der Waals surface area contributed by atoms with E-state index >= 15 is 0 Å². The van der Waals surface area contributed by atoms with Crippen molar-refractivity contribution in [2.45, 2.75) is 38.1 Å². The zero-order valence-electron chi connectivity index (χ0n) is 16.9. The van der Waals surface area contributed by atoms with Gasteiger partial charge in [-0.05, 0) is 31.0 Å². The highest BCUT2D eigenvalue weighted by molar-refractivity contribution is 5.78. The maximum Gasteiger partial charge on any atom is 0.236 e. The Labute approximate surface area is 168 Å². The van der Waals surface area contributed by atoms with Crippen molar-refractivity contribution < 1.29 is 9.18 Å². The van der Waals surface area contributed by atoms with Crippen molar-refractivity contribution in [2.24, 2.45) is 0 Å². The molecule has 6 heteroatoms. The SMILES string of the molecule is O=C(CN1CCN(c2cccc(F)c2)CC1)N1CCN(C2CCCCC2)CC1. The summed E-state index contributed by atoms with van der Waals surface area (Å²) >= 11 is 0. The van der Waals surface area contributed by atoms with E-state index in [0.717, 1.165) is 64.1 Å². The van der Waals surface area contributed by atoms with Crippen LogP contribution in [0.2, 0.25) is 0 Å². The van der Waals surface area contributed by atoms with Crippen LogP contribution in [-0.2, 0) is 4.79 Å². The van der Waals surface area contributed by atoms with Gasteiger partial charge in [-0.3, -0.25) is 14.6 Å². The summed E-state index contributed by atoms with van der Waals surface area (Å²) in [6, 6.07) is 7.53. The summed E-state index contributed by atoms with van der Waals surface area (Å²) < 4.78 is 13.4. The van der Waals surface area contributed by atoms with Crippen LogP contribution >= 0.6 is 0 Å². The third-order valence-electron chi connectivity index (χ3n) is 6.66. The summed E-state index contributed by atoms with van der Waals surface area (Å²) in [6.07, 6.45) is 6.80. The van der Waals surface area contributed by atoms with Gasteiger partial charge in [0.2, 0.25) is 5.91 Å². The van der Waals surface area contributed by atoms with Gasteiger partial charge in [-0.2, -0.15) is 0 Å². The van der Waals surface area contributed by atoms with Gasteiger partial charge in [0.05, 0.1) is 6.54 Å². The number of amides is 1. The lowest BCUT2D eigenvalue weighted by atomic mass is 9.94. The van der Waals surface area contributed by atoms with Crippen molar-refractivity contribution >= 4 is 11.6 Å². The van der Waals surface area contributed by atoms with Gasteiger partial charge in [-0.15, -0.1) is 0 Å². The fraction of sp³-hybridized carbons (Fsp3) is 0.682. The molecule has 5 nitrogen and oxygen atoms in total. The second-order valence-electron chi connectivity index (χ2n) is 8.45. The lowest BCUT2D eigenvalue weighted by molar-refractivity contribution is -0.134. The quantitative estimate of drug-likeness (QED) is 0.793. The molecule has 0 spiro atoms. The number of rotatable bonds is 4. The molecule has 154 valence electrons. The topological polar surface area (TPSA) is 30.0 Å². The van der Waals surface area contributed by atoms with Gasteiger partial charge >= 0.3 is 0 Å². The number of benzene rings is 1. The predicted octanol–water partition coefficient (Wildman–Crippen LogP) is 2.42. The van der Waals surface area contributed by atoms with Gasteiger partial charge in [0.1, 0.15) is 5.82 Å². The monoisotopic (exact) mass is 388 g/mol. The molecule has 2 aliphatic heterocycles. The van der Waals surface area contributed by atoms with E-state index in [-0.39, 0.29) is 11.7 Å². The molecule has 0 atom stereocenters. The molecule has 2 saturated heterocycles. The molecule has 1 aromatic carbocycles. The number of carbonyl (C=O) groups is 1. The van der Waals surface area contributed by atoms with Crippen molar-refractivity contribution in [2.75, 3.05) is 63.8 Å². The molecule has 0 unspecified atom stereocenters. The Kier molecular flexibility index (Phi) is 6.47. The highest BCUT2D eigenvalue weighted by Crippen LogP contribution is 2.23. The number of anilines is 1. The molecule has 1 aliphatic carbocycles. The first-order chi connectivity index (χ1) is 13.7. The van der Waals surface area contributed by atoms with Gasteiger partial charge in [0.15, 0.2) is 0 Å². The molecule has 0 aromatic heterocycles. The number of halogens is 1. The fourth-order valence-electron chi connectivity index (χ4n) is 4.91. The Morgan fingerprint density at radius 3 is 2.32 bits per heavy atom. The Morgan fingerprint density at radius 1 is 0.929 bits per heavy atom. The molecule has 4 rings (SSSR count). The molecular formula is C22H33FN4O. The molecule has 0 bridgehead atoms. The number of hydrogen-bond donors (Lipinski definition) is 0. The Balaban J connectivity index is 1.20. The van der Waals surface area contributed by atoms with Crippen LogP contribution in [0.25, 0.3) is 0 Å². The average molecular weight is 389 g/mol. The van der Waals surface area contributed by atoms with E-state index in [9.17, 15) is 9.18 Å². The van der Waals surface area contributed by atoms with Crippen LogP contribution in [0.3, 0.4) is 0 Å². The first-order valence-corrected chi connectivity index (χ1v) is 10.9. The number of hydrogen-bond acceptors (Lipinski definition) is 4. The third-order valence-corrected chi connectivity index (χ3v) is 6.66. The largest absolute Gasteiger partial charge is 0.369 e. The van der Waals surface area contributed by atoms with Crippen LogP contribution in [0.4, 0.5) is 10.1 Å². The molecule has 0 N–H and O–H groups in total. The van der Waals surface area contributed by atoms with Crippen LogP contribution in [0.1, 0.15) is 32.1 Å². The second-order valence-corrected chi connectivity index (χ2v) is 8.45. The summed E-state index contributed by atoms with van der Waals surface area (Å²) in [5.74, 6) is 0.0741. The molecule has 28 heavy (non-hydrogen) atoms. The maximum absolute atomic E-state index is 13.4. The van der Waals surface area contributed by atoms with Crippen molar-refractivity contribution in [3.05, 3.63) is 30.1 Å². The lowest BCUT2D eigenvalue weighted by Crippen LogP contribution is -2.55. The molecule has 2 heterocycles. The first kappa shape index (κ1) is 19.6. The molecule has 1 amide bonds. The Morgan fingerprint density at radius 2 is 1.64 bits per heavy atom. The van der Waals surface area contributed by atoms with Crippen LogP contribution in [0.5, 0.6) is 0 Å². The Hall–Kier alpha value is -1.66. The highest BCUT2D eigenvalue weighted by Gasteiger charge is 2.28. The van der Waals surface area contributed by atoms with Crippen LogP contribution in [0, 0.1) is 5.82 Å². The summed E-state index contributed by atoms with van der Waals surface area (Å²) in [4.78, 5) is 21.9. The minimum absolute atomic E-state index is 0.192. The zero-order chi connectivity index (χ0) is 19.3. The molecular weight excluding hydrogens is 355 g/mol. The van der Waals surface area contributed by atoms with Gasteiger partial charge in [-0.25, -0.2) is 4.39 Å². The molecule has 3 fully saturated rings. The third kappa shape index (κ3) is 4.84. The second kappa shape index (κ2) is 9.23. The summed E-state index contributed by atoms with van der Waals surface area (Å²) in [5, 5.41) is 0. The Bertz CT molecular complexity index is 648. The number of carbonyl (C=O) groups excluding carboxylic acids is 1. The van der Waals surface area contributed by atoms with Crippen molar-refractivity contribution in [1.82, 2.24) is 14.7 Å². The van der Waals surface area contributed by atoms with Crippen LogP contribution < -0.4 is 4.90 Å². The number of nitrogens with zero attached hydrogens (tertiary/aromatic N) is 4. The average Bonchev–Trinajstić information content (AvgIpc) is 2.75. The minimum Gasteiger partial charge on any atom is -0.369 e. The van der Waals surface area contributed by atoms with E-state index in [2.05, 4.69) is 19.6 Å². The molecule has 1 saturated carbocycles. The van der Waals surface area contributed by atoms with Gasteiger partial charge < -0.3 is 9.80 Å². The summed E-state index contributed by atoms with van der Waals surface area (Å²) in [5.41, 5.74) is 0.935. The minimum atomic E-state index is -0.192. The number of piperazine rings is 2. The van der Waals surface area contributed by atoms with E-state index in [1.54, 1.807) is 12.1 Å². The van der Waals surface area contributed by atoms with Crippen molar-refractivity contribution in [3.8, 4) is 0 Å². The standard InChI is InChI=1S/C22H33FN4O/c23-19-5-4-8-21(17-19)26-11-9-24(10-12-26)18-22(28)27-15-13-25(14-16-27)20-6-2-1-3-7-20/h4-5,8,17,20H,1-3,6-7,9-16,18H2. The maximum atomic E-state index is 13.4. The molecule has 3 aliphatic rings. The van der Waals surface area contributed by atoms with E-state index in [1.165, 1.54) is 38.2 Å². The molecule has 0 radical (unpaired) electrons. The van der Waals surface area contributed by atoms with Crippen LogP contribution in [0.15, 0.2) is 24.3 Å².